The van der Waals surface area contributed by atoms with E-state index < -0.39 is 0 Å². The summed E-state index contributed by atoms with van der Waals surface area (Å²) in [6.45, 7) is 2.19. The SMILES string of the molecule is Cc1ccc2oc(C(=O)NCc3nn[nH]n3)cc2c1. The van der Waals surface area contributed by atoms with Crippen molar-refractivity contribution in [3.63, 3.8) is 0 Å². The molecule has 0 aliphatic carbocycles. The predicted molar refractivity (Wildman–Crippen MR) is 66.3 cm³/mol. The van der Waals surface area contributed by atoms with Crippen LogP contribution in [0.25, 0.3) is 11.0 Å². The normalized spacial score (nSPS) is 10.8. The van der Waals surface area contributed by atoms with Crippen LogP contribution in [-0.4, -0.2) is 26.5 Å². The summed E-state index contributed by atoms with van der Waals surface area (Å²) in [5, 5.41) is 16.8. The van der Waals surface area contributed by atoms with Gasteiger partial charge in [0.1, 0.15) is 5.58 Å². The summed E-state index contributed by atoms with van der Waals surface area (Å²) in [5.41, 5.74) is 1.81. The van der Waals surface area contributed by atoms with Crippen LogP contribution in [0, 0.1) is 6.92 Å². The highest BCUT2D eigenvalue weighted by molar-refractivity contribution is 5.96. The van der Waals surface area contributed by atoms with Gasteiger partial charge in [0.25, 0.3) is 5.91 Å². The second kappa shape index (κ2) is 4.52. The van der Waals surface area contributed by atoms with Crippen molar-refractivity contribution in [1.82, 2.24) is 25.9 Å². The van der Waals surface area contributed by atoms with E-state index in [-0.39, 0.29) is 18.2 Å². The van der Waals surface area contributed by atoms with Crippen LogP contribution < -0.4 is 5.32 Å². The van der Waals surface area contributed by atoms with Crippen LogP contribution in [0.5, 0.6) is 0 Å². The minimum Gasteiger partial charge on any atom is -0.451 e. The van der Waals surface area contributed by atoms with Crippen molar-refractivity contribution in [2.45, 2.75) is 13.5 Å². The maximum absolute atomic E-state index is 11.9. The van der Waals surface area contributed by atoms with Crippen LogP contribution in [0.15, 0.2) is 28.7 Å². The molecule has 0 unspecified atom stereocenters. The number of tetrazole rings is 1. The Hall–Kier alpha value is -2.70. The average Bonchev–Trinajstić information content (AvgIpc) is 3.04. The van der Waals surface area contributed by atoms with Gasteiger partial charge in [0, 0.05) is 5.39 Å². The molecule has 0 radical (unpaired) electrons. The summed E-state index contributed by atoms with van der Waals surface area (Å²) >= 11 is 0. The zero-order valence-corrected chi connectivity index (χ0v) is 10.2. The highest BCUT2D eigenvalue weighted by Crippen LogP contribution is 2.20. The highest BCUT2D eigenvalue weighted by Gasteiger charge is 2.12. The molecule has 3 rings (SSSR count). The standard InChI is InChI=1S/C12H11N5O2/c1-7-2-3-9-8(4-7)5-10(19-9)12(18)13-6-11-14-16-17-15-11/h2-5H,6H2,1H3,(H,13,18)(H,14,15,16,17). The molecule has 0 aliphatic rings. The lowest BCUT2D eigenvalue weighted by Crippen LogP contribution is -2.22. The topological polar surface area (TPSA) is 96.7 Å². The number of aryl methyl sites for hydroxylation is 1. The van der Waals surface area contributed by atoms with E-state index in [9.17, 15) is 4.79 Å². The minimum absolute atomic E-state index is 0.200. The van der Waals surface area contributed by atoms with Gasteiger partial charge in [-0.2, -0.15) is 5.21 Å². The fraction of sp³-hybridized carbons (Fsp3) is 0.167. The molecule has 7 nitrogen and oxygen atoms in total. The summed E-state index contributed by atoms with van der Waals surface area (Å²) in [6.07, 6.45) is 0. The predicted octanol–water partition coefficient (Wildman–Crippen LogP) is 1.18. The molecular formula is C12H11N5O2. The van der Waals surface area contributed by atoms with Crippen molar-refractivity contribution in [1.29, 1.82) is 0 Å². The van der Waals surface area contributed by atoms with Gasteiger partial charge in [-0.1, -0.05) is 16.8 Å². The second-order valence-corrected chi connectivity index (χ2v) is 4.16. The number of hydrogen-bond acceptors (Lipinski definition) is 5. The quantitative estimate of drug-likeness (QED) is 0.734. The molecule has 2 aromatic heterocycles. The number of carbonyl (C=O) groups is 1. The summed E-state index contributed by atoms with van der Waals surface area (Å²) in [4.78, 5) is 11.9. The number of fused-ring (bicyclic) bond motifs is 1. The van der Waals surface area contributed by atoms with Crippen molar-refractivity contribution in [2.75, 3.05) is 0 Å². The zero-order chi connectivity index (χ0) is 13.2. The molecule has 1 aromatic carbocycles. The number of rotatable bonds is 3. The smallest absolute Gasteiger partial charge is 0.287 e. The van der Waals surface area contributed by atoms with E-state index in [1.165, 1.54) is 0 Å². The first-order valence-corrected chi connectivity index (χ1v) is 5.73. The number of carbonyl (C=O) groups excluding carboxylic acids is 1. The summed E-state index contributed by atoms with van der Waals surface area (Å²) in [6, 6.07) is 7.47. The molecular weight excluding hydrogens is 246 g/mol. The third-order valence-electron chi connectivity index (χ3n) is 2.69. The number of hydrogen-bond donors (Lipinski definition) is 2. The van der Waals surface area contributed by atoms with Gasteiger partial charge < -0.3 is 9.73 Å². The van der Waals surface area contributed by atoms with Crippen LogP contribution in [-0.2, 0) is 6.54 Å². The Kier molecular flexibility index (Phi) is 2.71. The Bertz CT molecular complexity index is 717. The van der Waals surface area contributed by atoms with Gasteiger partial charge in [0.2, 0.25) is 0 Å². The molecule has 0 saturated heterocycles. The van der Waals surface area contributed by atoms with Gasteiger partial charge in [0.15, 0.2) is 11.6 Å². The van der Waals surface area contributed by atoms with E-state index in [1.54, 1.807) is 6.07 Å². The minimum atomic E-state index is -0.307. The molecule has 0 saturated carbocycles. The lowest BCUT2D eigenvalue weighted by Gasteiger charge is -1.97. The largest absolute Gasteiger partial charge is 0.451 e. The van der Waals surface area contributed by atoms with Crippen LogP contribution in [0.2, 0.25) is 0 Å². The third kappa shape index (κ3) is 2.30. The van der Waals surface area contributed by atoms with Crippen molar-refractivity contribution in [2.24, 2.45) is 0 Å². The molecule has 0 atom stereocenters. The van der Waals surface area contributed by atoms with E-state index in [0.717, 1.165) is 10.9 Å². The van der Waals surface area contributed by atoms with E-state index in [2.05, 4.69) is 25.9 Å². The first kappa shape index (κ1) is 11.4. The van der Waals surface area contributed by atoms with Crippen molar-refractivity contribution >= 4 is 16.9 Å². The van der Waals surface area contributed by atoms with Gasteiger partial charge in [-0.15, -0.1) is 10.2 Å². The number of furan rings is 1. The number of aromatic nitrogens is 4. The molecule has 96 valence electrons. The number of nitrogens with one attached hydrogen (secondary N) is 2. The van der Waals surface area contributed by atoms with Gasteiger partial charge in [-0.05, 0) is 25.1 Å². The highest BCUT2D eigenvalue weighted by atomic mass is 16.3. The van der Waals surface area contributed by atoms with E-state index in [1.807, 2.05) is 25.1 Å². The lowest BCUT2D eigenvalue weighted by atomic mass is 10.2. The number of H-pyrrole nitrogens is 1. The molecule has 1 amide bonds. The third-order valence-corrected chi connectivity index (χ3v) is 2.69. The monoisotopic (exact) mass is 257 g/mol. The average molecular weight is 257 g/mol. The van der Waals surface area contributed by atoms with Crippen LogP contribution in [0.3, 0.4) is 0 Å². The maximum Gasteiger partial charge on any atom is 0.287 e. The molecule has 0 aliphatic heterocycles. The molecule has 3 aromatic rings. The van der Waals surface area contributed by atoms with Crippen molar-refractivity contribution in [3.05, 3.63) is 41.4 Å². The van der Waals surface area contributed by atoms with Crippen LogP contribution in [0.1, 0.15) is 21.9 Å². The molecule has 7 heteroatoms. The number of benzene rings is 1. The number of aromatic amines is 1. The Morgan fingerprint density at radius 1 is 1.42 bits per heavy atom. The molecule has 2 N–H and O–H groups in total. The van der Waals surface area contributed by atoms with Gasteiger partial charge >= 0.3 is 0 Å². The van der Waals surface area contributed by atoms with Gasteiger partial charge in [0.05, 0.1) is 6.54 Å². The van der Waals surface area contributed by atoms with E-state index >= 15 is 0 Å². The lowest BCUT2D eigenvalue weighted by molar-refractivity contribution is 0.0924. The first-order chi connectivity index (χ1) is 9.22. The molecule has 19 heavy (non-hydrogen) atoms. The fourth-order valence-electron chi connectivity index (χ4n) is 1.78. The number of amides is 1. The molecule has 0 bridgehead atoms. The van der Waals surface area contributed by atoms with Crippen LogP contribution in [0.4, 0.5) is 0 Å². The maximum atomic E-state index is 11.9. The molecule has 2 heterocycles. The van der Waals surface area contributed by atoms with Crippen molar-refractivity contribution in [3.8, 4) is 0 Å². The van der Waals surface area contributed by atoms with E-state index in [0.29, 0.717) is 11.4 Å². The molecule has 0 fully saturated rings. The number of nitrogens with zero attached hydrogens (tertiary/aromatic N) is 3. The summed E-state index contributed by atoms with van der Waals surface area (Å²) in [7, 11) is 0. The second-order valence-electron chi connectivity index (χ2n) is 4.16. The Morgan fingerprint density at radius 3 is 3.11 bits per heavy atom. The van der Waals surface area contributed by atoms with Gasteiger partial charge in [-0.3, -0.25) is 4.79 Å². The van der Waals surface area contributed by atoms with Crippen LogP contribution >= 0.6 is 0 Å². The van der Waals surface area contributed by atoms with E-state index in [4.69, 9.17) is 4.42 Å². The fourth-order valence-corrected chi connectivity index (χ4v) is 1.78. The molecule has 0 spiro atoms. The first-order valence-electron chi connectivity index (χ1n) is 5.73. The van der Waals surface area contributed by atoms with Gasteiger partial charge in [-0.25, -0.2) is 0 Å². The van der Waals surface area contributed by atoms with Crippen molar-refractivity contribution < 1.29 is 9.21 Å². The Balaban J connectivity index is 1.77. The summed E-state index contributed by atoms with van der Waals surface area (Å²) < 4.78 is 5.48. The Morgan fingerprint density at radius 2 is 2.32 bits per heavy atom. The summed E-state index contributed by atoms with van der Waals surface area (Å²) in [5.74, 6) is 0.378. The Labute approximate surface area is 108 Å². The zero-order valence-electron chi connectivity index (χ0n) is 10.2.